The van der Waals surface area contributed by atoms with Crippen LogP contribution in [0.25, 0.3) is 0 Å². The van der Waals surface area contributed by atoms with Gasteiger partial charge in [-0.15, -0.1) is 10.2 Å². The fraction of sp³-hybridized carbons (Fsp3) is 0.500. The van der Waals surface area contributed by atoms with Gasteiger partial charge in [0.25, 0.3) is 5.91 Å². The number of ether oxygens (including phenoxy) is 1. The van der Waals surface area contributed by atoms with Crippen molar-refractivity contribution in [1.82, 2.24) is 10.2 Å². The lowest BCUT2D eigenvalue weighted by molar-refractivity contribution is -0.118. The first-order valence-corrected chi connectivity index (χ1v) is 10.2. The zero-order chi connectivity index (χ0) is 18.2. The van der Waals surface area contributed by atoms with E-state index in [0.717, 1.165) is 21.4 Å². The lowest BCUT2D eigenvalue weighted by atomic mass is 10.1. The molecule has 0 bridgehead atoms. The molecule has 0 saturated carbocycles. The average Bonchev–Trinajstić information content (AvgIpc) is 3.00. The van der Waals surface area contributed by atoms with Crippen LogP contribution in [0.15, 0.2) is 22.5 Å². The van der Waals surface area contributed by atoms with Crippen molar-refractivity contribution >= 4 is 34.1 Å². The number of nitrogens with zero attached hydrogens (tertiary/aromatic N) is 2. The maximum absolute atomic E-state index is 12.0. The number of hydrogen-bond donors (Lipinski definition) is 1. The number of thioether (sulfide) groups is 1. The van der Waals surface area contributed by atoms with Crippen LogP contribution in [0.5, 0.6) is 5.75 Å². The van der Waals surface area contributed by atoms with Gasteiger partial charge >= 0.3 is 0 Å². The Balaban J connectivity index is 1.79. The average molecular weight is 380 g/mol. The number of aryl methyl sites for hydroxylation is 2. The largest absolute Gasteiger partial charge is 0.483 e. The molecule has 1 N–H and O–H groups in total. The van der Waals surface area contributed by atoms with Crippen molar-refractivity contribution < 1.29 is 9.53 Å². The van der Waals surface area contributed by atoms with Gasteiger partial charge in [-0.1, -0.05) is 67.5 Å². The summed E-state index contributed by atoms with van der Waals surface area (Å²) in [6.07, 6.45) is 2.41. The van der Waals surface area contributed by atoms with Crippen LogP contribution in [-0.2, 0) is 4.79 Å². The van der Waals surface area contributed by atoms with Crippen molar-refractivity contribution in [1.29, 1.82) is 0 Å². The topological polar surface area (TPSA) is 64.1 Å². The minimum absolute atomic E-state index is 0.0422. The summed E-state index contributed by atoms with van der Waals surface area (Å²) in [5.74, 6) is 2.17. The molecule has 0 aliphatic heterocycles. The third kappa shape index (κ3) is 6.66. The Kier molecular flexibility index (Phi) is 7.71. The third-order valence-electron chi connectivity index (χ3n) is 3.61. The number of amides is 1. The SMILES string of the molecule is CCCC(C)CSc1nnc(NC(=O)COc2ccc(C)cc2C)s1. The molecule has 5 nitrogen and oxygen atoms in total. The molecule has 2 aromatic rings. The number of nitrogens with one attached hydrogen (secondary N) is 1. The second-order valence-electron chi connectivity index (χ2n) is 6.18. The van der Waals surface area contributed by atoms with E-state index in [-0.39, 0.29) is 12.5 Å². The molecule has 136 valence electrons. The Hall–Kier alpha value is -1.60. The quantitative estimate of drug-likeness (QED) is 0.505. The van der Waals surface area contributed by atoms with E-state index in [9.17, 15) is 4.79 Å². The first kappa shape index (κ1) is 19.7. The molecule has 2 rings (SSSR count). The van der Waals surface area contributed by atoms with Crippen molar-refractivity contribution in [3.05, 3.63) is 29.3 Å². The van der Waals surface area contributed by atoms with Gasteiger partial charge in [0.1, 0.15) is 5.75 Å². The summed E-state index contributed by atoms with van der Waals surface area (Å²) in [5.41, 5.74) is 2.19. The minimum atomic E-state index is -0.230. The summed E-state index contributed by atoms with van der Waals surface area (Å²) in [7, 11) is 0. The molecule has 1 aromatic heterocycles. The highest BCUT2D eigenvalue weighted by Crippen LogP contribution is 2.28. The molecule has 1 aromatic carbocycles. The van der Waals surface area contributed by atoms with Gasteiger partial charge in [0, 0.05) is 5.75 Å². The molecule has 1 unspecified atom stereocenters. The van der Waals surface area contributed by atoms with Crippen LogP contribution < -0.4 is 10.1 Å². The smallest absolute Gasteiger partial charge is 0.264 e. The highest BCUT2D eigenvalue weighted by Gasteiger charge is 2.11. The zero-order valence-corrected chi connectivity index (χ0v) is 16.8. The molecule has 7 heteroatoms. The van der Waals surface area contributed by atoms with E-state index in [1.165, 1.54) is 29.7 Å². The van der Waals surface area contributed by atoms with Gasteiger partial charge in [-0.3, -0.25) is 10.1 Å². The standard InChI is InChI=1S/C18H25N3O2S2/c1-5-6-13(3)11-24-18-21-20-17(25-18)19-16(22)10-23-15-8-7-12(2)9-14(15)4/h7-9,13H,5-6,10-11H2,1-4H3,(H,19,20,22). The number of rotatable bonds is 9. The van der Waals surface area contributed by atoms with Gasteiger partial charge in [0.2, 0.25) is 5.13 Å². The van der Waals surface area contributed by atoms with Gasteiger partial charge in [0.15, 0.2) is 10.9 Å². The van der Waals surface area contributed by atoms with E-state index in [0.29, 0.717) is 11.0 Å². The van der Waals surface area contributed by atoms with Crippen molar-refractivity contribution in [3.63, 3.8) is 0 Å². The molecule has 1 amide bonds. The molecule has 25 heavy (non-hydrogen) atoms. The minimum Gasteiger partial charge on any atom is -0.483 e. The maximum Gasteiger partial charge on any atom is 0.264 e. The first-order chi connectivity index (χ1) is 12.0. The lowest BCUT2D eigenvalue weighted by Crippen LogP contribution is -2.20. The molecule has 0 fully saturated rings. The molecular formula is C18H25N3O2S2. The van der Waals surface area contributed by atoms with Gasteiger partial charge in [-0.2, -0.15) is 0 Å². The van der Waals surface area contributed by atoms with E-state index in [1.807, 2.05) is 32.0 Å². The van der Waals surface area contributed by atoms with Crippen molar-refractivity contribution in [2.24, 2.45) is 5.92 Å². The summed E-state index contributed by atoms with van der Waals surface area (Å²) in [5, 5.41) is 11.4. The number of carbonyl (C=O) groups is 1. The van der Waals surface area contributed by atoms with Gasteiger partial charge in [-0.25, -0.2) is 0 Å². The summed E-state index contributed by atoms with van der Waals surface area (Å²) >= 11 is 3.09. The monoisotopic (exact) mass is 379 g/mol. The van der Waals surface area contributed by atoms with Crippen molar-refractivity contribution in [3.8, 4) is 5.75 Å². The Morgan fingerprint density at radius 2 is 2.16 bits per heavy atom. The van der Waals surface area contributed by atoms with Crippen LogP contribution in [0.3, 0.4) is 0 Å². The normalized spacial score (nSPS) is 12.0. The summed E-state index contributed by atoms with van der Waals surface area (Å²) < 4.78 is 6.46. The van der Waals surface area contributed by atoms with E-state index in [4.69, 9.17) is 4.74 Å². The Bertz CT molecular complexity index is 703. The fourth-order valence-corrected chi connectivity index (χ4v) is 4.23. The predicted molar refractivity (Wildman–Crippen MR) is 105 cm³/mol. The highest BCUT2D eigenvalue weighted by atomic mass is 32.2. The van der Waals surface area contributed by atoms with E-state index < -0.39 is 0 Å². The number of aromatic nitrogens is 2. The molecule has 1 atom stereocenters. The van der Waals surface area contributed by atoms with Crippen LogP contribution in [-0.4, -0.2) is 28.5 Å². The Labute approximate surface area is 157 Å². The lowest BCUT2D eigenvalue weighted by Gasteiger charge is -2.09. The molecule has 0 saturated heterocycles. The second kappa shape index (κ2) is 9.77. The van der Waals surface area contributed by atoms with E-state index in [2.05, 4.69) is 29.4 Å². The van der Waals surface area contributed by atoms with Crippen LogP contribution in [0.2, 0.25) is 0 Å². The van der Waals surface area contributed by atoms with Gasteiger partial charge in [-0.05, 0) is 31.4 Å². The molecule has 0 radical (unpaired) electrons. The number of carbonyl (C=O) groups excluding carboxylic acids is 1. The summed E-state index contributed by atoms with van der Waals surface area (Å²) in [4.78, 5) is 12.0. The fourth-order valence-electron chi connectivity index (χ4n) is 2.37. The molecule has 1 heterocycles. The van der Waals surface area contributed by atoms with E-state index >= 15 is 0 Å². The first-order valence-electron chi connectivity index (χ1n) is 8.44. The number of hydrogen-bond acceptors (Lipinski definition) is 6. The van der Waals surface area contributed by atoms with Crippen LogP contribution in [0.4, 0.5) is 5.13 Å². The molecule has 0 spiro atoms. The predicted octanol–water partition coefficient (Wildman–Crippen LogP) is 4.70. The summed E-state index contributed by atoms with van der Waals surface area (Å²) in [6.45, 7) is 8.38. The Morgan fingerprint density at radius 1 is 1.36 bits per heavy atom. The highest BCUT2D eigenvalue weighted by molar-refractivity contribution is 8.01. The third-order valence-corrected chi connectivity index (χ3v) is 5.92. The van der Waals surface area contributed by atoms with Crippen LogP contribution in [0, 0.1) is 19.8 Å². The molecular weight excluding hydrogens is 354 g/mol. The second-order valence-corrected chi connectivity index (χ2v) is 8.43. The van der Waals surface area contributed by atoms with E-state index in [1.54, 1.807) is 11.8 Å². The number of anilines is 1. The van der Waals surface area contributed by atoms with Crippen LogP contribution in [0.1, 0.15) is 37.8 Å². The van der Waals surface area contributed by atoms with Gasteiger partial charge < -0.3 is 4.74 Å². The molecule has 0 aliphatic carbocycles. The maximum atomic E-state index is 12.0. The van der Waals surface area contributed by atoms with Crippen LogP contribution >= 0.6 is 23.1 Å². The van der Waals surface area contributed by atoms with Crippen molar-refractivity contribution in [2.75, 3.05) is 17.7 Å². The van der Waals surface area contributed by atoms with Gasteiger partial charge in [0.05, 0.1) is 0 Å². The number of benzene rings is 1. The summed E-state index contributed by atoms with van der Waals surface area (Å²) in [6, 6.07) is 5.88. The zero-order valence-electron chi connectivity index (χ0n) is 15.2. The molecule has 0 aliphatic rings. The Morgan fingerprint density at radius 3 is 2.88 bits per heavy atom. The van der Waals surface area contributed by atoms with Crippen molar-refractivity contribution in [2.45, 2.75) is 44.9 Å².